The molecule has 0 saturated carbocycles. The van der Waals surface area contributed by atoms with Crippen molar-refractivity contribution in [2.75, 3.05) is 4.90 Å². The van der Waals surface area contributed by atoms with Gasteiger partial charge in [-0.1, -0.05) is 29.8 Å². The van der Waals surface area contributed by atoms with Gasteiger partial charge in [-0.3, -0.25) is 14.9 Å². The Morgan fingerprint density at radius 3 is 2.34 bits per heavy atom. The molecule has 1 aliphatic rings. The van der Waals surface area contributed by atoms with Crippen LogP contribution < -0.4 is 15.0 Å². The maximum atomic E-state index is 13.1. The van der Waals surface area contributed by atoms with Crippen molar-refractivity contribution in [1.29, 1.82) is 5.26 Å². The number of hydrogen-bond donors (Lipinski definition) is 1. The summed E-state index contributed by atoms with van der Waals surface area (Å²) in [6.45, 7) is 0.217. The standard InChI is InChI=1S/C25H14ClI2N3O4/c26-17-5-7-18(8-6-17)31-24(33)19(23(32)30-25(31)34)9-14-10-20(27)22(21(28)11-14)35-13-16-4-2-1-3-15(16)12-29/h1-11H,13H2,(H,30,32,34)/b19-9+. The lowest BCUT2D eigenvalue weighted by Gasteiger charge is -2.26. The molecule has 10 heteroatoms. The maximum absolute atomic E-state index is 13.1. The number of halogens is 3. The lowest BCUT2D eigenvalue weighted by Crippen LogP contribution is -2.54. The summed E-state index contributed by atoms with van der Waals surface area (Å²) < 4.78 is 7.49. The molecule has 3 aromatic carbocycles. The average Bonchev–Trinajstić information content (AvgIpc) is 2.82. The number of rotatable bonds is 5. The topological polar surface area (TPSA) is 99.5 Å². The lowest BCUT2D eigenvalue weighted by atomic mass is 10.1. The highest BCUT2D eigenvalue weighted by Gasteiger charge is 2.36. The molecule has 1 heterocycles. The van der Waals surface area contributed by atoms with E-state index in [1.807, 2.05) is 12.1 Å². The Bertz CT molecular complexity index is 1410. The highest BCUT2D eigenvalue weighted by atomic mass is 127. The number of nitrogens with one attached hydrogen (secondary N) is 1. The van der Waals surface area contributed by atoms with E-state index in [1.165, 1.54) is 18.2 Å². The van der Waals surface area contributed by atoms with Crippen LogP contribution in [0.1, 0.15) is 16.7 Å². The van der Waals surface area contributed by atoms with Gasteiger partial charge >= 0.3 is 6.03 Å². The summed E-state index contributed by atoms with van der Waals surface area (Å²) in [5, 5.41) is 11.9. The third kappa shape index (κ3) is 5.50. The average molecular weight is 710 g/mol. The number of barbiturate groups is 1. The lowest BCUT2D eigenvalue weighted by molar-refractivity contribution is -0.122. The van der Waals surface area contributed by atoms with E-state index in [9.17, 15) is 19.6 Å². The summed E-state index contributed by atoms with van der Waals surface area (Å²) >= 11 is 10.1. The fourth-order valence-corrected chi connectivity index (χ4v) is 5.61. The minimum Gasteiger partial charge on any atom is -0.487 e. The molecule has 0 atom stereocenters. The number of nitriles is 1. The molecule has 0 radical (unpaired) electrons. The first kappa shape index (κ1) is 25.2. The van der Waals surface area contributed by atoms with Gasteiger partial charge < -0.3 is 4.74 Å². The van der Waals surface area contributed by atoms with Crippen molar-refractivity contribution < 1.29 is 19.1 Å². The van der Waals surface area contributed by atoms with Crippen LogP contribution in [0.3, 0.4) is 0 Å². The highest BCUT2D eigenvalue weighted by Crippen LogP contribution is 2.31. The minimum atomic E-state index is -0.829. The second-order valence-electron chi connectivity index (χ2n) is 7.31. The number of ether oxygens (including phenoxy) is 1. The van der Waals surface area contributed by atoms with Crippen LogP contribution in [0.25, 0.3) is 6.08 Å². The van der Waals surface area contributed by atoms with Gasteiger partial charge in [-0.25, -0.2) is 9.69 Å². The van der Waals surface area contributed by atoms with Crippen molar-refractivity contribution in [1.82, 2.24) is 5.32 Å². The molecular formula is C25H14ClI2N3O4. The van der Waals surface area contributed by atoms with E-state index in [4.69, 9.17) is 16.3 Å². The third-order valence-corrected chi connectivity index (χ3v) is 6.88. The number of hydrogen-bond acceptors (Lipinski definition) is 5. The Labute approximate surface area is 233 Å². The van der Waals surface area contributed by atoms with E-state index in [1.54, 1.807) is 36.4 Å². The normalized spacial score (nSPS) is 14.6. The zero-order chi connectivity index (χ0) is 25.1. The first-order chi connectivity index (χ1) is 16.8. The molecule has 7 nitrogen and oxygen atoms in total. The molecule has 1 aliphatic heterocycles. The summed E-state index contributed by atoms with van der Waals surface area (Å²) in [5.74, 6) is -0.887. The number of imide groups is 2. The van der Waals surface area contributed by atoms with E-state index in [-0.39, 0.29) is 12.2 Å². The van der Waals surface area contributed by atoms with Gasteiger partial charge in [-0.15, -0.1) is 0 Å². The van der Waals surface area contributed by atoms with Crippen LogP contribution in [0.2, 0.25) is 5.02 Å². The van der Waals surface area contributed by atoms with Crippen molar-refractivity contribution in [3.63, 3.8) is 0 Å². The summed E-state index contributed by atoms with van der Waals surface area (Å²) in [6.07, 6.45) is 1.44. The summed E-state index contributed by atoms with van der Waals surface area (Å²) in [6, 6.07) is 18.2. The van der Waals surface area contributed by atoms with Gasteiger partial charge in [0, 0.05) is 10.6 Å². The van der Waals surface area contributed by atoms with Crippen molar-refractivity contribution in [2.45, 2.75) is 6.61 Å². The summed E-state index contributed by atoms with van der Waals surface area (Å²) in [7, 11) is 0. The van der Waals surface area contributed by atoms with Gasteiger partial charge in [0.05, 0.1) is 24.5 Å². The molecule has 174 valence electrons. The number of nitrogens with zero attached hydrogens (tertiary/aromatic N) is 2. The molecule has 0 bridgehead atoms. The van der Waals surface area contributed by atoms with Crippen molar-refractivity contribution >= 4 is 86.4 Å². The first-order valence-corrected chi connectivity index (χ1v) is 12.6. The van der Waals surface area contributed by atoms with Crippen LogP contribution in [0.15, 0.2) is 66.2 Å². The second kappa shape index (κ2) is 10.8. The highest BCUT2D eigenvalue weighted by molar-refractivity contribution is 14.1. The predicted octanol–water partition coefficient (Wildman–Crippen LogP) is 5.67. The molecule has 1 saturated heterocycles. The van der Waals surface area contributed by atoms with Gasteiger partial charge in [-0.2, -0.15) is 5.26 Å². The van der Waals surface area contributed by atoms with Gasteiger partial charge in [-0.05, 0) is 99.3 Å². The Balaban J connectivity index is 1.61. The van der Waals surface area contributed by atoms with Gasteiger partial charge in [0.2, 0.25) is 0 Å². The molecule has 0 spiro atoms. The van der Waals surface area contributed by atoms with Crippen LogP contribution in [0.5, 0.6) is 5.75 Å². The van der Waals surface area contributed by atoms with Crippen molar-refractivity contribution in [3.05, 3.63) is 95.1 Å². The molecule has 1 fully saturated rings. The fourth-order valence-electron chi connectivity index (χ4n) is 3.35. The number of urea groups is 1. The van der Waals surface area contributed by atoms with E-state index >= 15 is 0 Å². The number of carbonyl (C=O) groups excluding carboxylic acids is 3. The third-order valence-electron chi connectivity index (χ3n) is 5.03. The van der Waals surface area contributed by atoms with E-state index in [0.29, 0.717) is 27.6 Å². The molecule has 4 rings (SSSR count). The van der Waals surface area contributed by atoms with Crippen LogP contribution in [-0.4, -0.2) is 17.8 Å². The quantitative estimate of drug-likeness (QED) is 0.209. The zero-order valence-corrected chi connectivity index (χ0v) is 22.8. The SMILES string of the molecule is N#Cc1ccccc1COc1c(I)cc(/C=C2\C(=O)NC(=O)N(c3ccc(Cl)cc3)C2=O)cc1I. The Hall–Kier alpha value is -2.95. The van der Waals surface area contributed by atoms with Crippen LogP contribution in [-0.2, 0) is 16.2 Å². The van der Waals surface area contributed by atoms with Crippen molar-refractivity contribution in [3.8, 4) is 11.8 Å². The van der Waals surface area contributed by atoms with Crippen LogP contribution in [0.4, 0.5) is 10.5 Å². The Morgan fingerprint density at radius 1 is 1.03 bits per heavy atom. The second-order valence-corrected chi connectivity index (χ2v) is 10.1. The number of benzene rings is 3. The largest absolute Gasteiger partial charge is 0.487 e. The summed E-state index contributed by atoms with van der Waals surface area (Å²) in [4.78, 5) is 38.8. The van der Waals surface area contributed by atoms with E-state index in [0.717, 1.165) is 17.6 Å². The zero-order valence-electron chi connectivity index (χ0n) is 17.7. The predicted molar refractivity (Wildman–Crippen MR) is 148 cm³/mol. The molecule has 1 N–H and O–H groups in total. The van der Waals surface area contributed by atoms with Crippen LogP contribution >= 0.6 is 56.8 Å². The number of anilines is 1. The molecule has 0 aromatic heterocycles. The van der Waals surface area contributed by atoms with Gasteiger partial charge in [0.1, 0.15) is 17.9 Å². The van der Waals surface area contributed by atoms with E-state index < -0.39 is 17.8 Å². The smallest absolute Gasteiger partial charge is 0.335 e. The van der Waals surface area contributed by atoms with Crippen molar-refractivity contribution in [2.24, 2.45) is 0 Å². The van der Waals surface area contributed by atoms with Crippen LogP contribution in [0, 0.1) is 18.5 Å². The molecular weight excluding hydrogens is 696 g/mol. The van der Waals surface area contributed by atoms with Gasteiger partial charge in [0.15, 0.2) is 0 Å². The number of carbonyl (C=O) groups is 3. The number of amides is 4. The Kier molecular flexibility index (Phi) is 7.73. The monoisotopic (exact) mass is 709 g/mol. The molecule has 4 amide bonds. The molecule has 0 unspecified atom stereocenters. The fraction of sp³-hybridized carbons (Fsp3) is 0.0400. The summed E-state index contributed by atoms with van der Waals surface area (Å²) in [5.41, 5.74) is 2.01. The van der Waals surface area contributed by atoms with Gasteiger partial charge in [0.25, 0.3) is 11.8 Å². The molecule has 3 aromatic rings. The molecule has 35 heavy (non-hydrogen) atoms. The Morgan fingerprint density at radius 2 is 1.69 bits per heavy atom. The maximum Gasteiger partial charge on any atom is 0.335 e. The van der Waals surface area contributed by atoms with E-state index in [2.05, 4.69) is 56.6 Å². The minimum absolute atomic E-state index is 0.178. The molecule has 0 aliphatic carbocycles. The first-order valence-electron chi connectivity index (χ1n) is 10.1.